The van der Waals surface area contributed by atoms with Gasteiger partial charge in [0, 0.05) is 32.7 Å². The van der Waals surface area contributed by atoms with Crippen molar-refractivity contribution in [2.75, 3.05) is 4.90 Å². The van der Waals surface area contributed by atoms with Gasteiger partial charge in [-0.1, -0.05) is 133 Å². The molecule has 8 aromatic rings. The second kappa shape index (κ2) is 13.0. The molecule has 0 aliphatic carbocycles. The lowest BCUT2D eigenvalue weighted by Crippen LogP contribution is -2.32. The lowest BCUT2D eigenvalue weighted by atomic mass is 10.0. The molecule has 0 bridgehead atoms. The molecule has 1 aliphatic rings. The zero-order chi connectivity index (χ0) is 33.3. The van der Waals surface area contributed by atoms with Gasteiger partial charge < -0.3 is 10.2 Å². The van der Waals surface area contributed by atoms with Crippen molar-refractivity contribution in [3.63, 3.8) is 0 Å². The van der Waals surface area contributed by atoms with Crippen LogP contribution < -0.4 is 10.2 Å². The smallest absolute Gasteiger partial charge is 0.134 e. The van der Waals surface area contributed by atoms with Crippen molar-refractivity contribution in [1.29, 1.82) is 0 Å². The highest BCUT2D eigenvalue weighted by atomic mass is 32.1. The molecule has 3 nitrogen and oxygen atoms in total. The second-order valence-corrected chi connectivity index (χ2v) is 13.6. The average molecular weight is 660 g/mol. The Kier molecular flexibility index (Phi) is 7.77. The van der Waals surface area contributed by atoms with E-state index in [-0.39, 0.29) is 6.04 Å². The minimum Gasteiger partial charge on any atom is -0.358 e. The van der Waals surface area contributed by atoms with E-state index in [1.54, 1.807) is 0 Å². The highest BCUT2D eigenvalue weighted by molar-refractivity contribution is 7.19. The fourth-order valence-corrected chi connectivity index (χ4v) is 8.04. The van der Waals surface area contributed by atoms with Crippen LogP contribution in [-0.2, 0) is 0 Å². The van der Waals surface area contributed by atoms with Crippen LogP contribution in [0.3, 0.4) is 0 Å². The van der Waals surface area contributed by atoms with Crippen molar-refractivity contribution in [3.8, 4) is 22.3 Å². The Hall–Kier alpha value is -6.23. The number of rotatable bonds is 7. The van der Waals surface area contributed by atoms with Gasteiger partial charge in [0.05, 0.1) is 16.6 Å². The Labute approximate surface area is 296 Å². The maximum atomic E-state index is 5.25. The van der Waals surface area contributed by atoms with E-state index in [4.69, 9.17) is 4.99 Å². The van der Waals surface area contributed by atoms with Gasteiger partial charge in [-0.05, 0) is 82.4 Å². The number of fused-ring (bicyclic) bond motifs is 3. The van der Waals surface area contributed by atoms with Gasteiger partial charge in [-0.3, -0.25) is 0 Å². The molecule has 0 spiro atoms. The van der Waals surface area contributed by atoms with Gasteiger partial charge in [-0.25, -0.2) is 4.99 Å². The molecule has 7 aromatic carbocycles. The zero-order valence-electron chi connectivity index (χ0n) is 27.3. The van der Waals surface area contributed by atoms with Gasteiger partial charge >= 0.3 is 0 Å². The number of amidine groups is 1. The zero-order valence-corrected chi connectivity index (χ0v) is 28.1. The Morgan fingerprint density at radius 3 is 1.42 bits per heavy atom. The van der Waals surface area contributed by atoms with Crippen LogP contribution in [0.15, 0.2) is 193 Å². The number of hydrogen-bond donors (Lipinski definition) is 1. The molecule has 1 unspecified atom stereocenters. The van der Waals surface area contributed by atoms with E-state index in [2.05, 4.69) is 198 Å². The Bertz CT molecular complexity index is 2330. The summed E-state index contributed by atoms with van der Waals surface area (Å²) in [7, 11) is 0. The quantitative estimate of drug-likeness (QED) is 0.184. The Morgan fingerprint density at radius 1 is 0.440 bits per heavy atom. The summed E-state index contributed by atoms with van der Waals surface area (Å²) in [6, 6.07) is 66.8. The van der Waals surface area contributed by atoms with E-state index in [1.807, 2.05) is 11.3 Å². The number of anilines is 3. The summed E-state index contributed by atoms with van der Waals surface area (Å²) in [5.74, 6) is 0.882. The third-order valence-corrected chi connectivity index (χ3v) is 10.6. The molecule has 1 atom stereocenters. The molecule has 1 aliphatic heterocycles. The first kappa shape index (κ1) is 29.9. The molecule has 1 aromatic heterocycles. The first-order chi connectivity index (χ1) is 24.8. The summed E-state index contributed by atoms with van der Waals surface area (Å²) < 4.78 is 1.26. The van der Waals surface area contributed by atoms with Crippen molar-refractivity contribution in [3.05, 3.63) is 204 Å². The summed E-state index contributed by atoms with van der Waals surface area (Å²) in [4.78, 5) is 8.82. The van der Waals surface area contributed by atoms with Gasteiger partial charge in [-0.15, -0.1) is 11.3 Å². The van der Waals surface area contributed by atoms with Crippen LogP contribution >= 0.6 is 11.3 Å². The molecule has 0 radical (unpaired) electrons. The van der Waals surface area contributed by atoms with E-state index < -0.39 is 0 Å². The molecular weight excluding hydrogens is 627 g/mol. The molecule has 238 valence electrons. The summed E-state index contributed by atoms with van der Waals surface area (Å²) in [6.45, 7) is 0. The lowest BCUT2D eigenvalue weighted by molar-refractivity contribution is 0.766. The van der Waals surface area contributed by atoms with E-state index in [9.17, 15) is 0 Å². The molecule has 50 heavy (non-hydrogen) atoms. The number of benzene rings is 7. The second-order valence-electron chi connectivity index (χ2n) is 12.5. The van der Waals surface area contributed by atoms with Crippen molar-refractivity contribution < 1.29 is 0 Å². The summed E-state index contributed by atoms with van der Waals surface area (Å²) in [5.41, 5.74) is 11.4. The van der Waals surface area contributed by atoms with Gasteiger partial charge in [-0.2, -0.15) is 0 Å². The molecule has 4 heteroatoms. The third-order valence-electron chi connectivity index (χ3n) is 9.36. The molecule has 0 saturated heterocycles. The first-order valence-electron chi connectivity index (χ1n) is 16.9. The van der Waals surface area contributed by atoms with Crippen LogP contribution in [0.1, 0.15) is 22.0 Å². The van der Waals surface area contributed by atoms with Crippen molar-refractivity contribution >= 4 is 50.0 Å². The fourth-order valence-electron chi connectivity index (χ4n) is 6.82. The SMILES string of the molecule is c1ccc(-c2ccc(N(c3ccc(C4=Nc5c(sc6ccccc56)C(c5ccccc5)N4)cc3)c3ccc(-c4ccccc4)cc3)cc2)cc1. The van der Waals surface area contributed by atoms with Gasteiger partial charge in [0.15, 0.2) is 0 Å². The minimum atomic E-state index is 0.0264. The largest absolute Gasteiger partial charge is 0.358 e. The van der Waals surface area contributed by atoms with Crippen LogP contribution in [-0.4, -0.2) is 5.84 Å². The molecule has 0 fully saturated rings. The molecular formula is C46H33N3S. The number of nitrogens with zero attached hydrogens (tertiary/aromatic N) is 2. The number of hydrogen-bond acceptors (Lipinski definition) is 4. The van der Waals surface area contributed by atoms with Crippen molar-refractivity contribution in [2.45, 2.75) is 6.04 Å². The summed E-state index contributed by atoms with van der Waals surface area (Å²) in [5, 5.41) is 5.01. The topological polar surface area (TPSA) is 27.6 Å². The van der Waals surface area contributed by atoms with Crippen molar-refractivity contribution in [1.82, 2.24) is 5.32 Å². The highest BCUT2D eigenvalue weighted by Crippen LogP contribution is 2.46. The monoisotopic (exact) mass is 659 g/mol. The van der Waals surface area contributed by atoms with Crippen LogP contribution in [0.2, 0.25) is 0 Å². The van der Waals surface area contributed by atoms with Crippen LogP contribution in [0.4, 0.5) is 22.7 Å². The third kappa shape index (κ3) is 5.66. The van der Waals surface area contributed by atoms with E-state index in [0.29, 0.717) is 0 Å². The lowest BCUT2D eigenvalue weighted by Gasteiger charge is -2.27. The number of nitrogens with one attached hydrogen (secondary N) is 1. The maximum absolute atomic E-state index is 5.25. The van der Waals surface area contributed by atoms with Crippen LogP contribution in [0.25, 0.3) is 32.3 Å². The molecule has 2 heterocycles. The molecule has 0 amide bonds. The number of aliphatic imine (C=N–C) groups is 1. The molecule has 9 rings (SSSR count). The number of thiophene rings is 1. The van der Waals surface area contributed by atoms with Gasteiger partial charge in [0.2, 0.25) is 0 Å². The fraction of sp³-hybridized carbons (Fsp3) is 0.0217. The normalized spacial score (nSPS) is 13.7. The van der Waals surface area contributed by atoms with E-state index in [0.717, 1.165) is 34.1 Å². The van der Waals surface area contributed by atoms with E-state index in [1.165, 1.54) is 42.8 Å². The maximum Gasteiger partial charge on any atom is 0.134 e. The van der Waals surface area contributed by atoms with Crippen LogP contribution in [0.5, 0.6) is 0 Å². The standard InChI is InChI=1S/C46H33N3S/c1-4-12-32(13-5-1)34-20-26-38(27-21-34)49(39-28-22-35(23-29-39)33-14-6-2-7-15-33)40-30-24-37(25-31-40)46-47-43(36-16-8-3-9-17-36)45-44(48-46)41-18-10-11-19-42(41)50-45/h1-31,43H,(H,47,48). The first-order valence-corrected chi connectivity index (χ1v) is 17.7. The van der Waals surface area contributed by atoms with Gasteiger partial charge in [0.25, 0.3) is 0 Å². The predicted molar refractivity (Wildman–Crippen MR) is 211 cm³/mol. The Balaban J connectivity index is 1.10. The Morgan fingerprint density at radius 2 is 0.880 bits per heavy atom. The summed E-state index contributed by atoms with van der Waals surface area (Å²) >= 11 is 1.82. The van der Waals surface area contributed by atoms with E-state index >= 15 is 0 Å². The van der Waals surface area contributed by atoms with Crippen molar-refractivity contribution in [2.24, 2.45) is 4.99 Å². The van der Waals surface area contributed by atoms with Gasteiger partial charge in [0.1, 0.15) is 5.84 Å². The molecule has 1 N–H and O–H groups in total. The summed E-state index contributed by atoms with van der Waals surface area (Å²) in [6.07, 6.45) is 0. The minimum absolute atomic E-state index is 0.0264. The predicted octanol–water partition coefficient (Wildman–Crippen LogP) is 12.5. The van der Waals surface area contributed by atoms with Crippen LogP contribution in [0, 0.1) is 0 Å². The highest BCUT2D eigenvalue weighted by Gasteiger charge is 2.28. The molecule has 0 saturated carbocycles. The average Bonchev–Trinajstić information content (AvgIpc) is 3.58.